The minimum absolute atomic E-state index is 0.138. The van der Waals surface area contributed by atoms with E-state index >= 15 is 0 Å². The molecule has 0 aromatic heterocycles. The predicted octanol–water partition coefficient (Wildman–Crippen LogP) is 7.45. The first-order valence-electron chi connectivity index (χ1n) is 10.9. The molecule has 0 aliphatic carbocycles. The Bertz CT molecular complexity index is 989. The molecule has 162 valence electrons. The van der Waals surface area contributed by atoms with Crippen molar-refractivity contribution < 1.29 is 0 Å². The van der Waals surface area contributed by atoms with Gasteiger partial charge in [-0.25, -0.2) is 0 Å². The fourth-order valence-corrected chi connectivity index (χ4v) is 7.04. The molecule has 0 nitrogen and oxygen atoms in total. The van der Waals surface area contributed by atoms with Crippen LogP contribution in [0.5, 0.6) is 0 Å². The SMILES string of the molecule is CC(C=[SH][SH]=CC(C)(c1ccccc1)c1ccccc1)(c1ccccc1)c1ccccc1. The Morgan fingerprint density at radius 1 is 0.406 bits per heavy atom. The molecule has 0 radical (unpaired) electrons. The maximum Gasteiger partial charge on any atom is 0.0412 e. The molecule has 0 spiro atoms. The zero-order chi connectivity index (χ0) is 22.3. The topological polar surface area (TPSA) is 0 Å². The first-order valence-corrected chi connectivity index (χ1v) is 13.6. The monoisotopic (exact) mass is 454 g/mol. The molecule has 0 saturated heterocycles. The first-order chi connectivity index (χ1) is 15.6. The Labute approximate surface area is 199 Å². The Morgan fingerprint density at radius 3 is 0.844 bits per heavy atom. The van der Waals surface area contributed by atoms with E-state index in [4.69, 9.17) is 0 Å². The smallest absolute Gasteiger partial charge is 0.0412 e. The van der Waals surface area contributed by atoms with Gasteiger partial charge in [0, 0.05) is 10.8 Å². The van der Waals surface area contributed by atoms with Crippen LogP contribution in [-0.4, -0.2) is 10.7 Å². The largest absolute Gasteiger partial charge is 0.155 e. The van der Waals surface area contributed by atoms with Gasteiger partial charge in [-0.3, -0.25) is 0 Å². The lowest BCUT2D eigenvalue weighted by Crippen LogP contribution is -2.25. The molecule has 0 bridgehead atoms. The van der Waals surface area contributed by atoms with Crippen molar-refractivity contribution in [3.05, 3.63) is 144 Å². The molecule has 0 amide bonds. The van der Waals surface area contributed by atoms with Gasteiger partial charge in [0.1, 0.15) is 0 Å². The van der Waals surface area contributed by atoms with Gasteiger partial charge in [-0.15, -0.1) is 0 Å². The van der Waals surface area contributed by atoms with Crippen molar-refractivity contribution in [2.24, 2.45) is 0 Å². The Balaban J connectivity index is 1.71. The van der Waals surface area contributed by atoms with Crippen LogP contribution in [0.2, 0.25) is 0 Å². The van der Waals surface area contributed by atoms with Crippen molar-refractivity contribution in [3.8, 4) is 0 Å². The molecule has 32 heavy (non-hydrogen) atoms. The summed E-state index contributed by atoms with van der Waals surface area (Å²) in [6.07, 6.45) is 0. The van der Waals surface area contributed by atoms with Gasteiger partial charge in [0.05, 0.1) is 0 Å². The van der Waals surface area contributed by atoms with E-state index in [1.807, 2.05) is 0 Å². The molecule has 2 heteroatoms. The third kappa shape index (κ3) is 4.87. The predicted molar refractivity (Wildman–Crippen MR) is 149 cm³/mol. The maximum absolute atomic E-state index is 2.45. The lowest BCUT2D eigenvalue weighted by molar-refractivity contribution is 0.800. The zero-order valence-corrected chi connectivity index (χ0v) is 20.4. The van der Waals surface area contributed by atoms with E-state index in [2.05, 4.69) is 146 Å². The first kappa shape index (κ1) is 22.5. The summed E-state index contributed by atoms with van der Waals surface area (Å²) in [5, 5.41) is 4.90. The summed E-state index contributed by atoms with van der Waals surface area (Å²) in [5.74, 6) is 0. The normalized spacial score (nSPS) is 12.9. The summed E-state index contributed by atoms with van der Waals surface area (Å²) in [4.78, 5) is 0. The van der Waals surface area contributed by atoms with Crippen LogP contribution < -0.4 is 0 Å². The highest BCUT2D eigenvalue weighted by molar-refractivity contribution is 8.73. The fraction of sp³-hybridized carbons (Fsp3) is 0.133. The quantitative estimate of drug-likeness (QED) is 0.162. The van der Waals surface area contributed by atoms with Crippen molar-refractivity contribution in [2.45, 2.75) is 24.7 Å². The molecular weight excluding hydrogens is 424 g/mol. The number of benzene rings is 4. The van der Waals surface area contributed by atoms with Gasteiger partial charge in [0.15, 0.2) is 0 Å². The van der Waals surface area contributed by atoms with E-state index in [9.17, 15) is 0 Å². The number of hydrogen-bond acceptors (Lipinski definition) is 0. The van der Waals surface area contributed by atoms with E-state index in [1.165, 1.54) is 43.0 Å². The lowest BCUT2D eigenvalue weighted by Gasteiger charge is -2.28. The van der Waals surface area contributed by atoms with Crippen LogP contribution in [0.4, 0.5) is 0 Å². The van der Waals surface area contributed by atoms with Crippen molar-refractivity contribution >= 4 is 31.5 Å². The molecule has 0 fully saturated rings. The average molecular weight is 455 g/mol. The summed E-state index contributed by atoms with van der Waals surface area (Å²) in [6, 6.07) is 43.3. The zero-order valence-electron chi connectivity index (χ0n) is 18.6. The molecule has 0 aliphatic rings. The summed E-state index contributed by atoms with van der Waals surface area (Å²) in [7, 11) is 2.55. The summed E-state index contributed by atoms with van der Waals surface area (Å²) < 4.78 is 0. The molecule has 0 saturated carbocycles. The van der Waals surface area contributed by atoms with Crippen LogP contribution >= 0.6 is 20.8 Å². The Hall–Kier alpha value is -2.68. The maximum atomic E-state index is 2.45. The van der Waals surface area contributed by atoms with E-state index in [1.54, 1.807) is 0 Å². The number of hydrogen-bond donors (Lipinski definition) is 2. The van der Waals surface area contributed by atoms with Crippen LogP contribution in [0, 0.1) is 0 Å². The molecule has 0 aliphatic heterocycles. The minimum atomic E-state index is -0.138. The van der Waals surface area contributed by atoms with Gasteiger partial charge in [-0.1, -0.05) is 121 Å². The van der Waals surface area contributed by atoms with Crippen LogP contribution in [0.1, 0.15) is 36.1 Å². The molecular formula is C30H30S2. The average Bonchev–Trinajstić information content (AvgIpc) is 2.88. The van der Waals surface area contributed by atoms with Crippen LogP contribution in [0.25, 0.3) is 0 Å². The third-order valence-corrected chi connectivity index (χ3v) is 8.68. The van der Waals surface area contributed by atoms with Crippen LogP contribution in [0.3, 0.4) is 0 Å². The van der Waals surface area contributed by atoms with Gasteiger partial charge < -0.3 is 0 Å². The summed E-state index contributed by atoms with van der Waals surface area (Å²) in [6.45, 7) is 4.65. The molecule has 0 N–H and O–H groups in total. The third-order valence-electron chi connectivity index (χ3n) is 6.19. The standard InChI is InChI=1S/C30H30S2/c1-29(25-15-7-3-8-16-25,26-17-9-4-10-18-26)23-31-32-24-30(2,27-19-11-5-12-20-27)28-21-13-6-14-22-28/h3-24,31-32H,1-2H3. The Morgan fingerprint density at radius 2 is 0.625 bits per heavy atom. The van der Waals surface area contributed by atoms with Crippen LogP contribution in [-0.2, 0) is 10.8 Å². The molecule has 0 unspecified atom stereocenters. The van der Waals surface area contributed by atoms with Crippen LogP contribution in [0.15, 0.2) is 121 Å². The summed E-state index contributed by atoms with van der Waals surface area (Å²) in [5.41, 5.74) is 5.01. The van der Waals surface area contributed by atoms with Crippen molar-refractivity contribution in [2.75, 3.05) is 0 Å². The van der Waals surface area contributed by atoms with Gasteiger partial charge in [-0.05, 0) is 46.8 Å². The van der Waals surface area contributed by atoms with Gasteiger partial charge >= 0.3 is 0 Å². The van der Waals surface area contributed by atoms with Crippen molar-refractivity contribution in [3.63, 3.8) is 0 Å². The second-order valence-corrected chi connectivity index (χ2v) is 10.7. The lowest BCUT2D eigenvalue weighted by atomic mass is 9.78. The number of thiol groups is 2. The van der Waals surface area contributed by atoms with Crippen molar-refractivity contribution in [1.29, 1.82) is 0 Å². The van der Waals surface area contributed by atoms with Crippen molar-refractivity contribution in [1.82, 2.24) is 0 Å². The second-order valence-electron chi connectivity index (χ2n) is 8.36. The number of rotatable bonds is 7. The minimum Gasteiger partial charge on any atom is -0.155 e. The highest BCUT2D eigenvalue weighted by atomic mass is 33.1. The van der Waals surface area contributed by atoms with E-state index in [-0.39, 0.29) is 10.8 Å². The highest BCUT2D eigenvalue weighted by Gasteiger charge is 2.27. The molecule has 4 rings (SSSR count). The molecule has 4 aromatic rings. The van der Waals surface area contributed by atoms with E-state index < -0.39 is 0 Å². The fourth-order valence-electron chi connectivity index (χ4n) is 4.07. The van der Waals surface area contributed by atoms with Gasteiger partial charge in [0.2, 0.25) is 0 Å². The van der Waals surface area contributed by atoms with Gasteiger partial charge in [0.25, 0.3) is 0 Å². The molecule has 0 atom stereocenters. The van der Waals surface area contributed by atoms with Gasteiger partial charge in [-0.2, -0.15) is 20.8 Å². The highest BCUT2D eigenvalue weighted by Crippen LogP contribution is 2.34. The van der Waals surface area contributed by atoms with E-state index in [0.717, 1.165) is 0 Å². The Kier molecular flexibility index (Phi) is 7.24. The van der Waals surface area contributed by atoms with E-state index in [0.29, 0.717) is 0 Å². The molecule has 4 aromatic carbocycles. The summed E-state index contributed by atoms with van der Waals surface area (Å²) >= 11 is 0. The second kappa shape index (κ2) is 10.3. The molecule has 0 heterocycles.